The van der Waals surface area contributed by atoms with Gasteiger partial charge in [-0.05, 0) is 111 Å². The standard InChI is InChI=1S/C33H45N3O10/c1-20-17-21(18-34-30(41)46-33(8,9)10)11-16-24(20)27(38)35-36-28(39)26(29(40)45-32(5,6)7)43-23-14-12-22(13-15-23)42-19-25(37)44-31(2,3)4/h11-17,26H,18-19H2,1-10H3,(H,34,41)(H,35,38)(H,36,39). The summed E-state index contributed by atoms with van der Waals surface area (Å²) in [5.41, 5.74) is 3.84. The summed E-state index contributed by atoms with van der Waals surface area (Å²) in [6, 6.07) is 10.8. The molecule has 0 radical (unpaired) electrons. The predicted molar refractivity (Wildman–Crippen MR) is 168 cm³/mol. The van der Waals surface area contributed by atoms with Gasteiger partial charge in [-0.3, -0.25) is 20.4 Å². The van der Waals surface area contributed by atoms with Crippen molar-refractivity contribution in [1.82, 2.24) is 16.2 Å². The van der Waals surface area contributed by atoms with E-state index >= 15 is 0 Å². The van der Waals surface area contributed by atoms with Crippen LogP contribution in [0.1, 0.15) is 83.8 Å². The number of alkyl carbamates (subject to hydrolysis) is 1. The van der Waals surface area contributed by atoms with Gasteiger partial charge >= 0.3 is 18.0 Å². The van der Waals surface area contributed by atoms with E-state index in [4.69, 9.17) is 23.7 Å². The Hall–Kier alpha value is -4.81. The summed E-state index contributed by atoms with van der Waals surface area (Å²) >= 11 is 0. The second-order valence-electron chi connectivity index (χ2n) is 13.3. The van der Waals surface area contributed by atoms with Crippen LogP contribution in [-0.2, 0) is 35.1 Å². The van der Waals surface area contributed by atoms with E-state index in [1.54, 1.807) is 81.4 Å². The van der Waals surface area contributed by atoms with Crippen molar-refractivity contribution in [3.63, 3.8) is 0 Å². The number of benzene rings is 2. The average Bonchev–Trinajstić information content (AvgIpc) is 2.90. The molecule has 0 bridgehead atoms. The van der Waals surface area contributed by atoms with Crippen LogP contribution in [0.2, 0.25) is 0 Å². The molecule has 0 aliphatic carbocycles. The van der Waals surface area contributed by atoms with Crippen LogP contribution in [0.5, 0.6) is 11.5 Å². The molecule has 0 heterocycles. The van der Waals surface area contributed by atoms with Gasteiger partial charge in [-0.15, -0.1) is 0 Å². The first-order valence-electron chi connectivity index (χ1n) is 14.6. The number of aryl methyl sites for hydroxylation is 1. The number of hydrazine groups is 1. The van der Waals surface area contributed by atoms with Crippen molar-refractivity contribution < 1.29 is 47.7 Å². The first-order valence-corrected chi connectivity index (χ1v) is 14.6. The molecule has 3 amide bonds. The van der Waals surface area contributed by atoms with E-state index in [2.05, 4.69) is 16.2 Å². The summed E-state index contributed by atoms with van der Waals surface area (Å²) in [5.74, 6) is -2.71. The van der Waals surface area contributed by atoms with Crippen molar-refractivity contribution in [3.05, 3.63) is 59.2 Å². The summed E-state index contributed by atoms with van der Waals surface area (Å²) in [6.07, 6.45) is -2.35. The second kappa shape index (κ2) is 15.5. The Bertz CT molecular complexity index is 1400. The number of nitrogens with one attached hydrogen (secondary N) is 3. The molecular weight excluding hydrogens is 598 g/mol. The van der Waals surface area contributed by atoms with Gasteiger partial charge in [0.2, 0.25) is 0 Å². The van der Waals surface area contributed by atoms with E-state index in [1.165, 1.54) is 30.3 Å². The molecule has 0 aromatic heterocycles. The largest absolute Gasteiger partial charge is 0.482 e. The number of hydrogen-bond acceptors (Lipinski definition) is 10. The molecule has 2 rings (SSSR count). The van der Waals surface area contributed by atoms with Gasteiger partial charge in [-0.2, -0.15) is 0 Å². The zero-order valence-corrected chi connectivity index (χ0v) is 28.1. The maximum atomic E-state index is 13.1. The van der Waals surface area contributed by atoms with Crippen LogP contribution in [0, 0.1) is 6.92 Å². The van der Waals surface area contributed by atoms with Gasteiger partial charge in [0.05, 0.1) is 0 Å². The van der Waals surface area contributed by atoms with Gasteiger partial charge in [-0.1, -0.05) is 12.1 Å². The normalized spacial score (nSPS) is 12.2. The van der Waals surface area contributed by atoms with Crippen molar-refractivity contribution in [1.29, 1.82) is 0 Å². The highest BCUT2D eigenvalue weighted by Gasteiger charge is 2.34. The SMILES string of the molecule is Cc1cc(CNC(=O)OC(C)(C)C)ccc1C(=O)NNC(=O)C(Oc1ccc(OCC(=O)OC(C)(C)C)cc1)C(=O)OC(C)(C)C. The molecule has 0 spiro atoms. The highest BCUT2D eigenvalue weighted by Crippen LogP contribution is 2.21. The van der Waals surface area contributed by atoms with Crippen LogP contribution in [-0.4, -0.2) is 59.4 Å². The highest BCUT2D eigenvalue weighted by molar-refractivity contribution is 6.03. The summed E-state index contributed by atoms with van der Waals surface area (Å²) < 4.78 is 26.9. The fraction of sp³-hybridized carbons (Fsp3) is 0.485. The van der Waals surface area contributed by atoms with Crippen LogP contribution in [0.25, 0.3) is 0 Å². The fourth-order valence-electron chi connectivity index (χ4n) is 3.66. The minimum atomic E-state index is -1.78. The molecule has 1 atom stereocenters. The summed E-state index contributed by atoms with van der Waals surface area (Å²) in [6.45, 7) is 17.0. The molecule has 0 aliphatic rings. The molecular formula is C33H45N3O10. The third kappa shape index (κ3) is 13.9. The smallest absolute Gasteiger partial charge is 0.407 e. The van der Waals surface area contributed by atoms with Gasteiger partial charge < -0.3 is 29.0 Å². The van der Waals surface area contributed by atoms with Gasteiger partial charge in [-0.25, -0.2) is 14.4 Å². The Kier molecular flexibility index (Phi) is 12.6. The topological polar surface area (TPSA) is 168 Å². The van der Waals surface area contributed by atoms with E-state index in [0.717, 1.165) is 5.56 Å². The molecule has 252 valence electrons. The van der Waals surface area contributed by atoms with E-state index in [9.17, 15) is 24.0 Å². The van der Waals surface area contributed by atoms with Crippen LogP contribution in [0.15, 0.2) is 42.5 Å². The maximum absolute atomic E-state index is 13.1. The van der Waals surface area contributed by atoms with E-state index in [-0.39, 0.29) is 24.5 Å². The third-order valence-electron chi connectivity index (χ3n) is 5.38. The number of hydrogen-bond donors (Lipinski definition) is 3. The van der Waals surface area contributed by atoms with Crippen molar-refractivity contribution in [2.45, 2.75) is 98.7 Å². The quantitative estimate of drug-likeness (QED) is 0.147. The van der Waals surface area contributed by atoms with Crippen molar-refractivity contribution in [2.24, 2.45) is 0 Å². The number of esters is 2. The summed E-state index contributed by atoms with van der Waals surface area (Å²) in [7, 11) is 0. The maximum Gasteiger partial charge on any atom is 0.407 e. The molecule has 13 heteroatoms. The first kappa shape index (κ1) is 37.4. The highest BCUT2D eigenvalue weighted by atomic mass is 16.6. The second-order valence-corrected chi connectivity index (χ2v) is 13.3. The number of rotatable bonds is 10. The lowest BCUT2D eigenvalue weighted by molar-refractivity contribution is -0.166. The molecule has 2 aromatic rings. The minimum absolute atomic E-state index is 0.119. The Balaban J connectivity index is 2.05. The van der Waals surface area contributed by atoms with E-state index in [0.29, 0.717) is 11.3 Å². The molecule has 13 nitrogen and oxygen atoms in total. The van der Waals surface area contributed by atoms with Crippen LogP contribution < -0.4 is 25.6 Å². The molecule has 0 fully saturated rings. The zero-order chi connectivity index (χ0) is 34.9. The van der Waals surface area contributed by atoms with Crippen LogP contribution in [0.4, 0.5) is 4.79 Å². The Morgan fingerprint density at radius 2 is 1.28 bits per heavy atom. The van der Waals surface area contributed by atoms with Crippen molar-refractivity contribution >= 4 is 29.8 Å². The Morgan fingerprint density at radius 1 is 0.717 bits per heavy atom. The summed E-state index contributed by atoms with van der Waals surface area (Å²) in [5, 5.41) is 2.65. The van der Waals surface area contributed by atoms with Gasteiger partial charge in [0.1, 0.15) is 28.3 Å². The molecule has 46 heavy (non-hydrogen) atoms. The lowest BCUT2D eigenvalue weighted by Crippen LogP contribution is -2.52. The molecule has 0 saturated carbocycles. The number of amides is 3. The van der Waals surface area contributed by atoms with Gasteiger partial charge in [0, 0.05) is 12.1 Å². The number of carbonyl (C=O) groups excluding carboxylic acids is 5. The van der Waals surface area contributed by atoms with Gasteiger partial charge in [0.15, 0.2) is 6.61 Å². The number of ether oxygens (including phenoxy) is 5. The van der Waals surface area contributed by atoms with Crippen LogP contribution in [0.3, 0.4) is 0 Å². The van der Waals surface area contributed by atoms with Crippen LogP contribution >= 0.6 is 0 Å². The van der Waals surface area contributed by atoms with E-state index in [1.807, 2.05) is 0 Å². The lowest BCUT2D eigenvalue weighted by Gasteiger charge is -2.24. The average molecular weight is 644 g/mol. The molecule has 2 aromatic carbocycles. The fourth-order valence-corrected chi connectivity index (χ4v) is 3.66. The number of carbonyl (C=O) groups is 5. The summed E-state index contributed by atoms with van der Waals surface area (Å²) in [4.78, 5) is 62.7. The van der Waals surface area contributed by atoms with Crippen molar-refractivity contribution in [3.8, 4) is 11.5 Å². The van der Waals surface area contributed by atoms with Gasteiger partial charge in [0.25, 0.3) is 17.9 Å². The first-order chi connectivity index (χ1) is 21.1. The zero-order valence-electron chi connectivity index (χ0n) is 28.1. The predicted octanol–water partition coefficient (Wildman–Crippen LogP) is 4.29. The third-order valence-corrected chi connectivity index (χ3v) is 5.38. The Labute approximate surface area is 269 Å². The molecule has 1 unspecified atom stereocenters. The monoisotopic (exact) mass is 643 g/mol. The molecule has 0 saturated heterocycles. The van der Waals surface area contributed by atoms with Crippen molar-refractivity contribution in [2.75, 3.05) is 6.61 Å². The molecule has 0 aliphatic heterocycles. The minimum Gasteiger partial charge on any atom is -0.482 e. The molecule has 3 N–H and O–H groups in total. The van der Waals surface area contributed by atoms with E-state index < -0.39 is 52.8 Å². The lowest BCUT2D eigenvalue weighted by atomic mass is 10.0. The Morgan fingerprint density at radius 3 is 1.83 bits per heavy atom.